The molecule has 27 heavy (non-hydrogen) atoms. The van der Waals surface area contributed by atoms with Gasteiger partial charge in [-0.1, -0.05) is 28.1 Å². The van der Waals surface area contributed by atoms with E-state index in [1.165, 1.54) is 21.8 Å². The van der Waals surface area contributed by atoms with E-state index in [0.29, 0.717) is 16.3 Å². The highest BCUT2D eigenvalue weighted by Crippen LogP contribution is 2.21. The monoisotopic (exact) mass is 444 g/mol. The number of aromatic amines is 1. The molecular weight excluding hydrogens is 432 g/mol. The molecule has 1 N–H and O–H groups in total. The fraction of sp³-hybridized carbons (Fsp3) is 0.111. The first-order valence-corrected chi connectivity index (χ1v) is 9.64. The molecule has 136 valence electrons. The van der Waals surface area contributed by atoms with E-state index >= 15 is 0 Å². The molecule has 0 atom stereocenters. The summed E-state index contributed by atoms with van der Waals surface area (Å²) in [7, 11) is 0. The predicted octanol–water partition coefficient (Wildman–Crippen LogP) is 3.57. The molecule has 4 rings (SSSR count). The number of esters is 1. The summed E-state index contributed by atoms with van der Waals surface area (Å²) in [5.74, 6) is -0.560. The first kappa shape index (κ1) is 17.6. The lowest BCUT2D eigenvalue weighted by atomic mass is 10.1. The molecule has 9 heteroatoms. The molecule has 0 aliphatic heterocycles. The van der Waals surface area contributed by atoms with Crippen molar-refractivity contribution in [3.8, 4) is 11.3 Å². The number of nitrogens with one attached hydrogen (secondary N) is 1. The lowest BCUT2D eigenvalue weighted by molar-refractivity contribution is 0.0460. The fourth-order valence-electron chi connectivity index (χ4n) is 2.59. The molecule has 1 aromatic carbocycles. The van der Waals surface area contributed by atoms with Crippen molar-refractivity contribution in [3.63, 3.8) is 0 Å². The van der Waals surface area contributed by atoms with Crippen LogP contribution in [0.15, 0.2) is 51.0 Å². The summed E-state index contributed by atoms with van der Waals surface area (Å²) in [6, 6.07) is 10.6. The van der Waals surface area contributed by atoms with Gasteiger partial charge >= 0.3 is 5.97 Å². The van der Waals surface area contributed by atoms with Crippen molar-refractivity contribution < 1.29 is 9.53 Å². The average molecular weight is 445 g/mol. The number of rotatable bonds is 4. The zero-order valence-corrected chi connectivity index (χ0v) is 16.5. The van der Waals surface area contributed by atoms with Crippen LogP contribution in [0.4, 0.5) is 0 Å². The van der Waals surface area contributed by atoms with Gasteiger partial charge in [0.15, 0.2) is 4.96 Å². The summed E-state index contributed by atoms with van der Waals surface area (Å²) in [6.45, 7) is 1.75. The van der Waals surface area contributed by atoms with Gasteiger partial charge in [-0.2, -0.15) is 5.10 Å². The maximum atomic E-state index is 12.3. The van der Waals surface area contributed by atoms with Gasteiger partial charge in [0.1, 0.15) is 12.3 Å². The Morgan fingerprint density at radius 1 is 1.30 bits per heavy atom. The van der Waals surface area contributed by atoms with E-state index in [1.54, 1.807) is 6.07 Å². The summed E-state index contributed by atoms with van der Waals surface area (Å²) in [6.07, 6.45) is 0. The molecule has 0 bridgehead atoms. The van der Waals surface area contributed by atoms with Crippen LogP contribution in [0.3, 0.4) is 0 Å². The second-order valence-electron chi connectivity index (χ2n) is 5.83. The number of aryl methyl sites for hydroxylation is 1. The van der Waals surface area contributed by atoms with Gasteiger partial charge in [-0.15, -0.1) is 11.3 Å². The van der Waals surface area contributed by atoms with Crippen molar-refractivity contribution in [3.05, 3.63) is 73.7 Å². The number of carbonyl (C=O) groups excluding carboxylic acids is 1. The number of aromatic nitrogens is 4. The molecule has 3 aromatic heterocycles. The molecule has 0 aliphatic carbocycles. The third-order valence-electron chi connectivity index (χ3n) is 3.92. The number of hydrogen-bond donors (Lipinski definition) is 1. The van der Waals surface area contributed by atoms with Crippen LogP contribution in [-0.2, 0) is 11.3 Å². The van der Waals surface area contributed by atoms with Crippen LogP contribution >= 0.6 is 27.3 Å². The third-order valence-corrected chi connectivity index (χ3v) is 5.39. The first-order chi connectivity index (χ1) is 13.0. The fourth-order valence-corrected chi connectivity index (χ4v) is 3.74. The zero-order valence-electron chi connectivity index (χ0n) is 14.1. The van der Waals surface area contributed by atoms with Crippen molar-refractivity contribution >= 4 is 38.2 Å². The van der Waals surface area contributed by atoms with Crippen molar-refractivity contribution in [2.24, 2.45) is 0 Å². The SMILES string of the molecule is Cc1csc2nc(COC(=O)c3cc(-c4ccc(Br)cc4)n[nH]3)cc(=O)n12. The molecule has 0 saturated carbocycles. The Hall–Kier alpha value is -2.78. The lowest BCUT2D eigenvalue weighted by Gasteiger charge is -2.03. The Balaban J connectivity index is 1.48. The molecule has 0 spiro atoms. The van der Waals surface area contributed by atoms with Gasteiger partial charge in [-0.25, -0.2) is 9.78 Å². The number of thiazole rings is 1. The molecule has 0 fully saturated rings. The summed E-state index contributed by atoms with van der Waals surface area (Å²) in [5, 5.41) is 8.68. The van der Waals surface area contributed by atoms with Gasteiger partial charge < -0.3 is 4.74 Å². The molecule has 0 aliphatic rings. The highest BCUT2D eigenvalue weighted by molar-refractivity contribution is 9.10. The van der Waals surface area contributed by atoms with Gasteiger partial charge in [0.2, 0.25) is 0 Å². The molecule has 0 saturated heterocycles. The van der Waals surface area contributed by atoms with E-state index < -0.39 is 5.97 Å². The smallest absolute Gasteiger partial charge is 0.356 e. The van der Waals surface area contributed by atoms with E-state index in [2.05, 4.69) is 31.1 Å². The second-order valence-corrected chi connectivity index (χ2v) is 7.58. The number of fused-ring (bicyclic) bond motifs is 1. The Labute approximate surface area is 165 Å². The Bertz CT molecular complexity index is 1190. The second kappa shape index (κ2) is 7.09. The highest BCUT2D eigenvalue weighted by Gasteiger charge is 2.14. The van der Waals surface area contributed by atoms with Crippen molar-refractivity contribution in [2.45, 2.75) is 13.5 Å². The summed E-state index contributed by atoms with van der Waals surface area (Å²) in [4.78, 5) is 29.3. The van der Waals surface area contributed by atoms with Crippen LogP contribution in [0.1, 0.15) is 21.9 Å². The van der Waals surface area contributed by atoms with Crippen LogP contribution < -0.4 is 5.56 Å². The largest absolute Gasteiger partial charge is 0.454 e. The number of halogens is 1. The minimum Gasteiger partial charge on any atom is -0.454 e. The number of H-pyrrole nitrogens is 1. The average Bonchev–Trinajstić information content (AvgIpc) is 3.28. The van der Waals surface area contributed by atoms with Gasteiger partial charge in [-0.3, -0.25) is 14.3 Å². The normalized spacial score (nSPS) is 11.0. The van der Waals surface area contributed by atoms with E-state index in [1.807, 2.05) is 36.6 Å². The number of ether oxygens (including phenoxy) is 1. The van der Waals surface area contributed by atoms with Gasteiger partial charge in [0.25, 0.3) is 5.56 Å². The number of carbonyl (C=O) groups is 1. The molecule has 3 heterocycles. The maximum absolute atomic E-state index is 12.3. The Morgan fingerprint density at radius 3 is 2.85 bits per heavy atom. The summed E-state index contributed by atoms with van der Waals surface area (Å²) >= 11 is 4.75. The molecule has 7 nitrogen and oxygen atoms in total. The van der Waals surface area contributed by atoms with Gasteiger partial charge in [0.05, 0.1) is 11.4 Å². The van der Waals surface area contributed by atoms with Crippen molar-refractivity contribution in [1.82, 2.24) is 19.6 Å². The molecule has 4 aromatic rings. The van der Waals surface area contributed by atoms with E-state index in [4.69, 9.17) is 4.74 Å². The number of benzene rings is 1. The van der Waals surface area contributed by atoms with E-state index in [0.717, 1.165) is 15.7 Å². The van der Waals surface area contributed by atoms with E-state index in [9.17, 15) is 9.59 Å². The van der Waals surface area contributed by atoms with Crippen LogP contribution in [0.25, 0.3) is 16.2 Å². The lowest BCUT2D eigenvalue weighted by Crippen LogP contribution is -2.16. The summed E-state index contributed by atoms with van der Waals surface area (Å²) in [5.41, 5.74) is 2.79. The Morgan fingerprint density at radius 2 is 2.07 bits per heavy atom. The summed E-state index contributed by atoms with van der Waals surface area (Å²) < 4.78 is 7.75. The van der Waals surface area contributed by atoms with Crippen LogP contribution in [0.2, 0.25) is 0 Å². The topological polar surface area (TPSA) is 89.3 Å². The number of hydrogen-bond acceptors (Lipinski definition) is 6. The third kappa shape index (κ3) is 3.56. The van der Waals surface area contributed by atoms with Crippen LogP contribution in [0, 0.1) is 6.92 Å². The van der Waals surface area contributed by atoms with Gasteiger partial charge in [-0.05, 0) is 25.1 Å². The van der Waals surface area contributed by atoms with Crippen molar-refractivity contribution in [2.75, 3.05) is 0 Å². The quantitative estimate of drug-likeness (QED) is 0.485. The Kier molecular flexibility index (Phi) is 4.63. The van der Waals surface area contributed by atoms with E-state index in [-0.39, 0.29) is 17.9 Å². The minimum atomic E-state index is -0.560. The maximum Gasteiger partial charge on any atom is 0.356 e. The minimum absolute atomic E-state index is 0.0891. The van der Waals surface area contributed by atoms with Crippen LogP contribution in [-0.4, -0.2) is 25.6 Å². The molecular formula is C18H13BrN4O3S. The first-order valence-electron chi connectivity index (χ1n) is 7.96. The number of nitrogens with zero attached hydrogens (tertiary/aromatic N) is 3. The predicted molar refractivity (Wildman–Crippen MR) is 105 cm³/mol. The molecule has 0 unspecified atom stereocenters. The highest BCUT2D eigenvalue weighted by atomic mass is 79.9. The van der Waals surface area contributed by atoms with Gasteiger partial charge in [0, 0.05) is 27.2 Å². The molecule has 0 amide bonds. The van der Waals surface area contributed by atoms with Crippen molar-refractivity contribution in [1.29, 1.82) is 0 Å². The molecule has 0 radical (unpaired) electrons. The standard InChI is InChI=1S/C18H13BrN4O3S/c1-10-9-27-18-20-13(6-16(24)23(10)18)8-26-17(25)15-7-14(21-22-15)11-2-4-12(19)5-3-11/h2-7,9H,8H2,1H3,(H,21,22). The van der Waals surface area contributed by atoms with Crippen LogP contribution in [0.5, 0.6) is 0 Å². The zero-order chi connectivity index (χ0) is 19.0.